The van der Waals surface area contributed by atoms with Crippen LogP contribution in [0, 0.1) is 17.8 Å². The number of fused-ring (bicyclic) bond motifs is 5. The third-order valence-corrected chi connectivity index (χ3v) is 12.7. The molecule has 4 fully saturated rings. The minimum atomic E-state index is -3.14. The molecule has 2 aromatic carbocycles. The SMILES string of the molecule is Cn1nc(C2CCC(=O)NC2=O)c2cccc(N3CC4CCN(c5ncc(Cl)c(Nc6ccc7c(c6)c6c(c(=O)n7C)OCC(F)(F)[C@H](C7CC7)N6)n5)CC4C3)c21. The second-order valence-corrected chi connectivity index (χ2v) is 16.6. The Balaban J connectivity index is 0.889. The van der Waals surface area contributed by atoms with Gasteiger partial charge in [0.05, 0.1) is 46.3 Å². The summed E-state index contributed by atoms with van der Waals surface area (Å²) in [6, 6.07) is 10.4. The lowest BCUT2D eigenvalue weighted by Crippen LogP contribution is -2.44. The van der Waals surface area contributed by atoms with Crippen molar-refractivity contribution in [3.05, 3.63) is 63.7 Å². The van der Waals surface area contributed by atoms with Gasteiger partial charge in [-0.3, -0.25) is 24.4 Å². The summed E-state index contributed by atoms with van der Waals surface area (Å²) < 4.78 is 39.1. The van der Waals surface area contributed by atoms with Crippen LogP contribution in [0.2, 0.25) is 5.02 Å². The Kier molecular flexibility index (Phi) is 8.36. The summed E-state index contributed by atoms with van der Waals surface area (Å²) in [7, 11) is 3.50. The molecule has 5 aromatic rings. The van der Waals surface area contributed by atoms with Gasteiger partial charge in [-0.05, 0) is 67.7 Å². The third-order valence-electron chi connectivity index (χ3n) is 12.5. The van der Waals surface area contributed by atoms with E-state index in [2.05, 4.69) is 36.8 Å². The number of alkyl halides is 2. The molecular weight excluding hydrogens is 758 g/mol. The number of pyridine rings is 1. The molecular formula is C40H41ClF2N10O4. The Hall–Kier alpha value is -5.51. The summed E-state index contributed by atoms with van der Waals surface area (Å²) in [6.45, 7) is 2.37. The lowest BCUT2D eigenvalue weighted by atomic mass is 9.89. The topological polar surface area (TPSA) is 152 Å². The first-order chi connectivity index (χ1) is 27.4. The van der Waals surface area contributed by atoms with Crippen molar-refractivity contribution in [1.82, 2.24) is 29.6 Å². The summed E-state index contributed by atoms with van der Waals surface area (Å²) >= 11 is 6.66. The molecule has 3 N–H and O–H groups in total. The van der Waals surface area contributed by atoms with E-state index in [4.69, 9.17) is 26.4 Å². The van der Waals surface area contributed by atoms with Crippen molar-refractivity contribution in [2.45, 2.75) is 50.0 Å². The number of carbonyl (C=O) groups excluding carboxylic acids is 2. The first kappa shape index (κ1) is 35.9. The molecule has 0 spiro atoms. The first-order valence-electron chi connectivity index (χ1n) is 19.5. The number of aryl methyl sites for hydroxylation is 2. The molecule has 2 amide bonds. The molecule has 17 heteroatoms. The van der Waals surface area contributed by atoms with E-state index < -0.39 is 30.0 Å². The summed E-state index contributed by atoms with van der Waals surface area (Å²) in [5.74, 6) is -2.71. The van der Waals surface area contributed by atoms with Crippen molar-refractivity contribution in [2.75, 3.05) is 53.2 Å². The van der Waals surface area contributed by atoms with Crippen LogP contribution < -0.4 is 36.0 Å². The van der Waals surface area contributed by atoms with Gasteiger partial charge in [-0.2, -0.15) is 10.1 Å². The lowest BCUT2D eigenvalue weighted by Gasteiger charge is -2.34. The molecule has 14 nitrogen and oxygen atoms in total. The van der Waals surface area contributed by atoms with Gasteiger partial charge in [0.15, 0.2) is 12.4 Å². The zero-order chi connectivity index (χ0) is 39.3. The van der Waals surface area contributed by atoms with Crippen molar-refractivity contribution in [2.24, 2.45) is 31.8 Å². The second kappa shape index (κ2) is 13.3. The van der Waals surface area contributed by atoms with Crippen LogP contribution in [0.25, 0.3) is 21.8 Å². The normalized spacial score (nSPS) is 24.4. The maximum Gasteiger partial charge on any atom is 0.301 e. The Morgan fingerprint density at radius 1 is 0.965 bits per heavy atom. The number of ether oxygens (including phenoxy) is 1. The van der Waals surface area contributed by atoms with Crippen molar-refractivity contribution in [1.29, 1.82) is 0 Å². The molecule has 1 saturated carbocycles. The number of amides is 2. The lowest BCUT2D eigenvalue weighted by molar-refractivity contribution is -0.134. The monoisotopic (exact) mass is 798 g/mol. The highest BCUT2D eigenvalue weighted by Gasteiger charge is 2.51. The third kappa shape index (κ3) is 6.10. The molecule has 10 rings (SSSR count). The second-order valence-electron chi connectivity index (χ2n) is 16.1. The van der Waals surface area contributed by atoms with E-state index in [1.807, 2.05) is 23.9 Å². The quantitative estimate of drug-likeness (QED) is 0.192. The molecule has 1 aliphatic carbocycles. The van der Waals surface area contributed by atoms with Crippen LogP contribution in [0.4, 0.5) is 37.6 Å². The number of nitrogens with zero attached hydrogens (tertiary/aromatic N) is 7. The van der Waals surface area contributed by atoms with Crippen LogP contribution in [0.1, 0.15) is 43.7 Å². The van der Waals surface area contributed by atoms with E-state index >= 15 is 8.78 Å². The fourth-order valence-electron chi connectivity index (χ4n) is 9.38. The zero-order valence-electron chi connectivity index (χ0n) is 31.4. The standard InChI is InChI=1S/C40H41ClF2N10O4/c1-50-28-10-8-23(14-26(28)32-34(38(50)56)57-19-40(42,43)35(47-32)20-6-7-20)45-36-27(41)15-44-39(48-36)52-13-12-21-16-53(18-22(21)17-52)29-5-3-4-24-31(49-51(2)33(24)29)25-9-11-30(54)46-37(25)55/h3-5,8,10,14-15,20-22,25,35,47H,6-7,9,11-13,16-19H2,1-2H3,(H,44,45,48)(H,46,54,55)/t21?,22?,25?,35-/m0/s1. The molecule has 5 aliphatic rings. The molecule has 7 heterocycles. The molecule has 3 saturated heterocycles. The highest BCUT2D eigenvalue weighted by molar-refractivity contribution is 6.33. The number of para-hydroxylation sites is 1. The smallest absolute Gasteiger partial charge is 0.301 e. The molecule has 4 atom stereocenters. The Labute approximate surface area is 330 Å². The fraction of sp³-hybridized carbons (Fsp3) is 0.450. The highest BCUT2D eigenvalue weighted by atomic mass is 35.5. The number of hydrogen-bond donors (Lipinski definition) is 3. The Bertz CT molecular complexity index is 2560. The number of nitrogens with one attached hydrogen (secondary N) is 3. The van der Waals surface area contributed by atoms with Crippen LogP contribution >= 0.6 is 11.6 Å². The molecule has 0 bridgehead atoms. The molecule has 3 unspecified atom stereocenters. The largest absolute Gasteiger partial charge is 0.480 e. The van der Waals surface area contributed by atoms with Crippen molar-refractivity contribution in [3.8, 4) is 5.75 Å². The number of rotatable bonds is 6. The van der Waals surface area contributed by atoms with E-state index in [1.165, 1.54) is 4.57 Å². The highest BCUT2D eigenvalue weighted by Crippen LogP contribution is 2.46. The van der Waals surface area contributed by atoms with Crippen molar-refractivity contribution in [3.63, 3.8) is 0 Å². The average molecular weight is 799 g/mol. The maximum absolute atomic E-state index is 15.2. The summed E-state index contributed by atoms with van der Waals surface area (Å²) in [5.41, 5.74) is 3.70. The van der Waals surface area contributed by atoms with Crippen LogP contribution in [0.15, 0.2) is 47.4 Å². The maximum atomic E-state index is 15.2. The number of anilines is 5. The predicted octanol–water partition coefficient (Wildman–Crippen LogP) is 5.31. The Morgan fingerprint density at radius 3 is 2.58 bits per heavy atom. The van der Waals surface area contributed by atoms with Crippen LogP contribution in [0.5, 0.6) is 5.75 Å². The van der Waals surface area contributed by atoms with Gasteiger partial charge in [0.2, 0.25) is 23.5 Å². The number of imide groups is 1. The van der Waals surface area contributed by atoms with Crippen molar-refractivity contribution >= 4 is 74.0 Å². The van der Waals surface area contributed by atoms with Gasteiger partial charge in [-0.15, -0.1) is 0 Å². The summed E-state index contributed by atoms with van der Waals surface area (Å²) in [4.78, 5) is 51.9. The van der Waals surface area contributed by atoms with Gasteiger partial charge >= 0.3 is 5.92 Å². The van der Waals surface area contributed by atoms with E-state index in [0.29, 0.717) is 76.6 Å². The van der Waals surface area contributed by atoms with Crippen molar-refractivity contribution < 1.29 is 23.1 Å². The minimum Gasteiger partial charge on any atom is -0.480 e. The number of carbonyl (C=O) groups is 2. The van der Waals surface area contributed by atoms with Gasteiger partial charge in [0.25, 0.3) is 5.56 Å². The van der Waals surface area contributed by atoms with Gasteiger partial charge < -0.3 is 29.7 Å². The van der Waals surface area contributed by atoms with Gasteiger partial charge in [0, 0.05) is 63.2 Å². The van der Waals surface area contributed by atoms with E-state index in [9.17, 15) is 14.4 Å². The molecule has 296 valence electrons. The predicted molar refractivity (Wildman–Crippen MR) is 212 cm³/mol. The van der Waals surface area contributed by atoms with Gasteiger partial charge in [0.1, 0.15) is 5.02 Å². The Morgan fingerprint density at radius 2 is 1.77 bits per heavy atom. The van der Waals surface area contributed by atoms with Gasteiger partial charge in [-0.1, -0.05) is 23.7 Å². The molecule has 3 aromatic heterocycles. The average Bonchev–Trinajstić information content (AvgIpc) is 3.88. The molecule has 4 aliphatic heterocycles. The summed E-state index contributed by atoms with van der Waals surface area (Å²) in [6.07, 6.45) is 4.65. The van der Waals surface area contributed by atoms with Crippen LogP contribution in [0.3, 0.4) is 0 Å². The molecule has 57 heavy (non-hydrogen) atoms. The number of benzene rings is 2. The van der Waals surface area contributed by atoms with E-state index in [1.54, 1.807) is 31.4 Å². The zero-order valence-corrected chi connectivity index (χ0v) is 32.2. The number of aromatic nitrogens is 5. The summed E-state index contributed by atoms with van der Waals surface area (Å²) in [5, 5.41) is 15.4. The minimum absolute atomic E-state index is 0.116. The number of hydrogen-bond acceptors (Lipinski definition) is 11. The first-order valence-corrected chi connectivity index (χ1v) is 19.8. The van der Waals surface area contributed by atoms with E-state index in [-0.39, 0.29) is 29.2 Å². The van der Waals surface area contributed by atoms with Crippen LogP contribution in [-0.2, 0) is 23.7 Å². The van der Waals surface area contributed by atoms with Gasteiger partial charge in [-0.25, -0.2) is 13.8 Å². The number of halogens is 3. The number of piperidine rings is 2. The fourth-order valence-corrected chi connectivity index (χ4v) is 9.52. The molecule has 0 radical (unpaired) electrons. The van der Waals surface area contributed by atoms with E-state index in [0.717, 1.165) is 49.2 Å². The van der Waals surface area contributed by atoms with Crippen LogP contribution in [-0.4, -0.2) is 80.9 Å².